The van der Waals surface area contributed by atoms with Gasteiger partial charge in [-0.05, 0) is 106 Å². The van der Waals surface area contributed by atoms with Crippen LogP contribution in [0, 0.1) is 35.0 Å². The number of aliphatic hydroxyl groups excluding tert-OH is 1. The van der Waals surface area contributed by atoms with Gasteiger partial charge in [0.1, 0.15) is 0 Å². The van der Waals surface area contributed by atoms with Gasteiger partial charge in [-0.1, -0.05) is 73.9 Å². The highest BCUT2D eigenvalue weighted by Gasteiger charge is 2.59. The smallest absolute Gasteiger partial charge is 0.239 e. The van der Waals surface area contributed by atoms with Gasteiger partial charge < -0.3 is 20.5 Å². The molecule has 2 saturated heterocycles. The Balaban J connectivity index is 0.956. The number of aryl methyl sites for hydroxylation is 1. The number of likely N-dealkylation sites (tertiary alicyclic amines) is 1. The van der Waals surface area contributed by atoms with Gasteiger partial charge in [0.25, 0.3) is 0 Å². The molecule has 4 aliphatic carbocycles. The number of amides is 2. The lowest BCUT2D eigenvalue weighted by Gasteiger charge is -2.49. The second-order valence-electron chi connectivity index (χ2n) is 16.8. The predicted octanol–water partition coefficient (Wildman–Crippen LogP) is 5.97. The molecule has 2 saturated carbocycles. The highest BCUT2D eigenvalue weighted by atomic mass is 16.5. The lowest BCUT2D eigenvalue weighted by Crippen LogP contribution is -2.54. The van der Waals surface area contributed by atoms with Crippen LogP contribution >= 0.6 is 0 Å². The maximum atomic E-state index is 12.7. The fourth-order valence-electron chi connectivity index (χ4n) is 11.5. The Morgan fingerprint density at radius 2 is 1.88 bits per heavy atom. The fourth-order valence-corrected chi connectivity index (χ4v) is 11.5. The van der Waals surface area contributed by atoms with Crippen LogP contribution in [0.3, 0.4) is 0 Å². The third kappa shape index (κ3) is 6.44. The van der Waals surface area contributed by atoms with Crippen LogP contribution in [0.5, 0.6) is 0 Å². The molecule has 2 aliphatic heterocycles. The number of hydrogen-bond acceptors (Lipinski definition) is 5. The number of allylic oxidation sites excluding steroid dienone is 2. The molecule has 1 aromatic rings. The Labute approximate surface area is 288 Å². The second-order valence-corrected chi connectivity index (χ2v) is 16.8. The van der Waals surface area contributed by atoms with Crippen molar-refractivity contribution in [3.63, 3.8) is 0 Å². The summed E-state index contributed by atoms with van der Waals surface area (Å²) in [6, 6.07) is 10.3. The van der Waals surface area contributed by atoms with E-state index in [0.29, 0.717) is 49.1 Å². The molecule has 0 bridgehead atoms. The third-order valence-corrected chi connectivity index (χ3v) is 13.9. The molecule has 3 N–H and O–H groups in total. The molecule has 2 amide bonds. The highest BCUT2D eigenvalue weighted by molar-refractivity contribution is 5.84. The molecule has 10 atom stereocenters. The van der Waals surface area contributed by atoms with E-state index in [1.807, 2.05) is 30.3 Å². The Bertz CT molecular complexity index is 1420. The molecule has 0 radical (unpaired) electrons. The van der Waals surface area contributed by atoms with E-state index in [1.54, 1.807) is 16.7 Å². The average molecular weight is 658 g/mol. The van der Waals surface area contributed by atoms with Crippen LogP contribution in [-0.2, 0) is 20.7 Å². The summed E-state index contributed by atoms with van der Waals surface area (Å²) < 4.78 is 7.28. The summed E-state index contributed by atoms with van der Waals surface area (Å²) in [4.78, 5) is 27.6. The minimum atomic E-state index is -0.247. The summed E-state index contributed by atoms with van der Waals surface area (Å²) in [5.74, 6) is 2.92. The minimum absolute atomic E-state index is 0.0222. The van der Waals surface area contributed by atoms with Crippen LogP contribution in [0.25, 0.3) is 0 Å². The van der Waals surface area contributed by atoms with Crippen LogP contribution in [0.1, 0.15) is 97.5 Å². The third-order valence-electron chi connectivity index (χ3n) is 13.9. The first-order valence-corrected chi connectivity index (χ1v) is 19.1. The van der Waals surface area contributed by atoms with Crippen molar-refractivity contribution in [2.75, 3.05) is 26.2 Å². The summed E-state index contributed by atoms with van der Waals surface area (Å²) in [6.07, 6.45) is 13.5. The van der Waals surface area contributed by atoms with Crippen molar-refractivity contribution in [3.8, 4) is 0 Å². The monoisotopic (exact) mass is 657 g/mol. The van der Waals surface area contributed by atoms with Crippen molar-refractivity contribution in [1.29, 1.82) is 0 Å². The van der Waals surface area contributed by atoms with Crippen molar-refractivity contribution in [2.45, 2.75) is 122 Å². The van der Waals surface area contributed by atoms with E-state index in [2.05, 4.69) is 49.3 Å². The average Bonchev–Trinajstić information content (AvgIpc) is 3.53. The van der Waals surface area contributed by atoms with E-state index in [0.717, 1.165) is 63.1 Å². The number of aliphatic hydroxyl groups is 1. The molecular formula is C41H59N3O4. The molecule has 7 rings (SSSR count). The Morgan fingerprint density at radius 1 is 1.06 bits per heavy atom. The number of piperidine rings is 1. The van der Waals surface area contributed by atoms with Crippen molar-refractivity contribution in [3.05, 3.63) is 58.7 Å². The van der Waals surface area contributed by atoms with Gasteiger partial charge >= 0.3 is 0 Å². The summed E-state index contributed by atoms with van der Waals surface area (Å²) in [6.45, 7) is 12.2. The van der Waals surface area contributed by atoms with E-state index in [4.69, 9.17) is 4.74 Å². The molecule has 1 spiro atoms. The van der Waals surface area contributed by atoms with E-state index in [9.17, 15) is 14.7 Å². The molecule has 4 fully saturated rings. The Morgan fingerprint density at radius 3 is 2.69 bits per heavy atom. The van der Waals surface area contributed by atoms with Crippen molar-refractivity contribution < 1.29 is 19.4 Å². The van der Waals surface area contributed by atoms with Crippen molar-refractivity contribution in [2.24, 2.45) is 35.0 Å². The van der Waals surface area contributed by atoms with E-state index < -0.39 is 0 Å². The molecule has 6 aliphatic rings. The van der Waals surface area contributed by atoms with Crippen molar-refractivity contribution in [1.82, 2.24) is 15.5 Å². The lowest BCUT2D eigenvalue weighted by molar-refractivity contribution is -0.126. The van der Waals surface area contributed by atoms with Gasteiger partial charge in [0, 0.05) is 38.0 Å². The van der Waals surface area contributed by atoms with Crippen LogP contribution < -0.4 is 10.6 Å². The predicted molar refractivity (Wildman–Crippen MR) is 189 cm³/mol. The van der Waals surface area contributed by atoms with E-state index in [-0.39, 0.29) is 41.6 Å². The van der Waals surface area contributed by atoms with E-state index >= 15 is 0 Å². The number of benzene rings is 1. The molecular weight excluding hydrogens is 598 g/mol. The summed E-state index contributed by atoms with van der Waals surface area (Å²) in [5.41, 5.74) is 6.16. The van der Waals surface area contributed by atoms with Gasteiger partial charge in [0.15, 0.2) is 0 Å². The van der Waals surface area contributed by atoms with Gasteiger partial charge in [0.05, 0.1) is 24.4 Å². The van der Waals surface area contributed by atoms with Crippen LogP contribution in [0.15, 0.2) is 53.1 Å². The quantitative estimate of drug-likeness (QED) is 0.300. The standard InChI is InChI=1S/C41H59N3O4/c1-26-20-36-39(44(25-26)19-18-42-38(47)24-43-37(46)13-10-29-8-6-5-7-9-29)28(3)41(48-36)17-15-32-33-12-11-30-21-31(45)14-16-40(30,4)35(33)22-34(32)27(2)23-41/h5-9,21,26,28,31-33,35-36,39,45H,10-20,22-25H2,1-4H3,(H,42,47)(H,43,46)/t26-,28+,31-,32-,33-,35-,36+,39-,40-,41-/m0/s1. The minimum Gasteiger partial charge on any atom is -0.389 e. The molecule has 2 heterocycles. The number of ether oxygens (including phenoxy) is 1. The Kier molecular flexibility index (Phi) is 9.68. The van der Waals surface area contributed by atoms with Gasteiger partial charge in [-0.3, -0.25) is 14.5 Å². The zero-order valence-corrected chi connectivity index (χ0v) is 29.8. The van der Waals surface area contributed by atoms with E-state index in [1.165, 1.54) is 19.3 Å². The number of carbonyl (C=O) groups is 2. The number of nitrogens with one attached hydrogen (secondary N) is 2. The molecule has 0 aromatic heterocycles. The first kappa shape index (κ1) is 34.0. The second kappa shape index (κ2) is 13.7. The zero-order valence-electron chi connectivity index (χ0n) is 29.8. The van der Waals surface area contributed by atoms with Crippen LogP contribution in [0.4, 0.5) is 0 Å². The van der Waals surface area contributed by atoms with Crippen LogP contribution in [0.2, 0.25) is 0 Å². The number of fused-ring (bicyclic) bond motifs is 6. The van der Waals surface area contributed by atoms with Gasteiger partial charge in [-0.2, -0.15) is 0 Å². The van der Waals surface area contributed by atoms with Crippen molar-refractivity contribution >= 4 is 11.8 Å². The largest absolute Gasteiger partial charge is 0.389 e. The summed E-state index contributed by atoms with van der Waals surface area (Å²) >= 11 is 0. The molecule has 262 valence electrons. The summed E-state index contributed by atoms with van der Waals surface area (Å²) in [7, 11) is 0. The number of carbonyl (C=O) groups excluding carboxylic acids is 2. The molecule has 48 heavy (non-hydrogen) atoms. The van der Waals surface area contributed by atoms with Gasteiger partial charge in [-0.25, -0.2) is 0 Å². The first-order chi connectivity index (χ1) is 23.1. The Hall–Kier alpha value is -2.48. The number of nitrogens with zero attached hydrogens (tertiary/aromatic N) is 1. The summed E-state index contributed by atoms with van der Waals surface area (Å²) in [5, 5.41) is 16.2. The first-order valence-electron chi connectivity index (χ1n) is 19.1. The maximum Gasteiger partial charge on any atom is 0.239 e. The SMILES string of the molecule is CC1=C2C[C@H]3[C@@H](CCC4=C[C@@H](O)CC[C@@]43C)[C@@H]2CC[C@@]2(C1)O[C@@H]1C[C@H](C)CN(CCNC(=O)CNC(=O)CCc3ccccc3)[C@H]1[C@H]2C. The normalized spacial score (nSPS) is 39.1. The van der Waals surface area contributed by atoms with Gasteiger partial charge in [0.2, 0.25) is 11.8 Å². The lowest BCUT2D eigenvalue weighted by atomic mass is 9.56. The number of hydrogen-bond donors (Lipinski definition) is 3. The molecule has 0 unspecified atom stereocenters. The van der Waals surface area contributed by atoms with Crippen LogP contribution in [-0.4, -0.2) is 71.9 Å². The molecule has 7 nitrogen and oxygen atoms in total. The van der Waals surface area contributed by atoms with Gasteiger partial charge in [-0.15, -0.1) is 0 Å². The molecule has 1 aromatic carbocycles. The molecule has 7 heteroatoms. The maximum absolute atomic E-state index is 12.7. The topological polar surface area (TPSA) is 90.9 Å². The highest BCUT2D eigenvalue weighted by Crippen LogP contribution is 2.64. The zero-order chi connectivity index (χ0) is 33.6. The number of rotatable bonds is 8. The fraction of sp³-hybridized carbons (Fsp3) is 0.707.